The maximum atomic E-state index is 8.52. The summed E-state index contributed by atoms with van der Waals surface area (Å²) in [7, 11) is 0. The Labute approximate surface area is 54.3 Å². The van der Waals surface area contributed by atoms with Gasteiger partial charge in [0.05, 0.1) is 12.7 Å². The zero-order chi connectivity index (χ0) is 5.98. The van der Waals surface area contributed by atoms with Crippen LogP contribution in [0.25, 0.3) is 0 Å². The van der Waals surface area contributed by atoms with Gasteiger partial charge in [-0.2, -0.15) is 0 Å². The number of thiol groups is 1. The minimum atomic E-state index is 0.0532. The van der Waals surface area contributed by atoms with Crippen molar-refractivity contribution in [1.82, 2.24) is 0 Å². The fraction of sp³-hybridized carbons (Fsp3) is 1.00. The molecular weight excluding hydrogens is 124 g/mol. The zero-order valence-corrected chi connectivity index (χ0v) is 5.47. The molecule has 0 spiro atoms. The third-order valence-electron chi connectivity index (χ3n) is 1.29. The fourth-order valence-electron chi connectivity index (χ4n) is 0.821. The van der Waals surface area contributed by atoms with Crippen molar-refractivity contribution in [2.75, 3.05) is 6.61 Å². The van der Waals surface area contributed by atoms with Crippen molar-refractivity contribution in [3.05, 3.63) is 0 Å². The summed E-state index contributed by atoms with van der Waals surface area (Å²) in [6.45, 7) is 0.136. The molecule has 1 aliphatic rings. The van der Waals surface area contributed by atoms with Gasteiger partial charge in [-0.3, -0.25) is 0 Å². The minimum Gasteiger partial charge on any atom is -0.394 e. The van der Waals surface area contributed by atoms with Crippen LogP contribution in [0.1, 0.15) is 12.8 Å². The van der Waals surface area contributed by atoms with Crippen LogP contribution in [0.3, 0.4) is 0 Å². The molecule has 2 atom stereocenters. The first-order valence-electron chi connectivity index (χ1n) is 2.77. The van der Waals surface area contributed by atoms with Gasteiger partial charge in [-0.15, -0.1) is 12.6 Å². The lowest BCUT2D eigenvalue weighted by molar-refractivity contribution is 0.0469. The Balaban J connectivity index is 2.22. The van der Waals surface area contributed by atoms with Crippen molar-refractivity contribution in [2.45, 2.75) is 24.4 Å². The topological polar surface area (TPSA) is 29.5 Å². The average molecular weight is 134 g/mol. The van der Waals surface area contributed by atoms with Gasteiger partial charge < -0.3 is 9.84 Å². The van der Waals surface area contributed by atoms with Gasteiger partial charge in [-0.1, -0.05) is 0 Å². The highest BCUT2D eigenvalue weighted by atomic mass is 32.1. The van der Waals surface area contributed by atoms with Crippen LogP contribution in [-0.4, -0.2) is 23.3 Å². The van der Waals surface area contributed by atoms with Crippen LogP contribution in [0.15, 0.2) is 0 Å². The molecule has 0 radical (unpaired) electrons. The summed E-state index contributed by atoms with van der Waals surface area (Å²) in [5.41, 5.74) is 0.0622. The third-order valence-corrected chi connectivity index (χ3v) is 1.67. The van der Waals surface area contributed by atoms with E-state index in [1.165, 1.54) is 0 Å². The minimum absolute atomic E-state index is 0.0532. The Morgan fingerprint density at radius 3 is 2.62 bits per heavy atom. The summed E-state index contributed by atoms with van der Waals surface area (Å²) in [5, 5.41) is 8.52. The lowest BCUT2D eigenvalue weighted by Crippen LogP contribution is -2.11. The van der Waals surface area contributed by atoms with Crippen molar-refractivity contribution in [2.24, 2.45) is 0 Å². The second-order valence-electron chi connectivity index (χ2n) is 1.97. The summed E-state index contributed by atoms with van der Waals surface area (Å²) < 4.78 is 5.12. The molecule has 1 fully saturated rings. The van der Waals surface area contributed by atoms with Crippen molar-refractivity contribution in [1.29, 1.82) is 0 Å². The van der Waals surface area contributed by atoms with Crippen molar-refractivity contribution < 1.29 is 9.84 Å². The quantitative estimate of drug-likeness (QED) is 0.509. The first-order valence-corrected chi connectivity index (χ1v) is 3.29. The predicted octanol–water partition coefficient (Wildman–Crippen LogP) is 0.414. The highest BCUT2D eigenvalue weighted by molar-refractivity contribution is 7.80. The second kappa shape index (κ2) is 2.71. The van der Waals surface area contributed by atoms with Crippen LogP contribution in [0.2, 0.25) is 0 Å². The van der Waals surface area contributed by atoms with E-state index in [1.807, 2.05) is 0 Å². The summed E-state index contributed by atoms with van der Waals surface area (Å²) in [4.78, 5) is 0. The van der Waals surface area contributed by atoms with Crippen LogP contribution < -0.4 is 0 Å². The molecule has 0 aromatic rings. The number of aliphatic hydroxyl groups is 1. The molecule has 1 N–H and O–H groups in total. The fourth-order valence-corrected chi connectivity index (χ4v) is 1.14. The van der Waals surface area contributed by atoms with E-state index in [1.54, 1.807) is 0 Å². The van der Waals surface area contributed by atoms with Gasteiger partial charge in [-0.25, -0.2) is 0 Å². The Morgan fingerprint density at radius 1 is 1.62 bits per heavy atom. The van der Waals surface area contributed by atoms with Crippen molar-refractivity contribution >= 4 is 12.6 Å². The maximum absolute atomic E-state index is 8.52. The standard InChI is InChI=1S/C5H10O2S/c6-3-4-1-2-5(8)7-4/h4-6,8H,1-3H2. The molecule has 0 saturated carbocycles. The molecule has 2 unspecified atom stereocenters. The molecule has 2 nitrogen and oxygen atoms in total. The molecule has 1 saturated heterocycles. The summed E-state index contributed by atoms with van der Waals surface area (Å²) >= 11 is 4.07. The van der Waals surface area contributed by atoms with Crippen molar-refractivity contribution in [3.63, 3.8) is 0 Å². The summed E-state index contributed by atoms with van der Waals surface area (Å²) in [6, 6.07) is 0. The number of hydrogen-bond donors (Lipinski definition) is 2. The molecule has 48 valence electrons. The first-order chi connectivity index (χ1) is 3.83. The molecule has 3 heteroatoms. The predicted molar refractivity (Wildman–Crippen MR) is 34.0 cm³/mol. The van der Waals surface area contributed by atoms with E-state index in [4.69, 9.17) is 9.84 Å². The monoisotopic (exact) mass is 134 g/mol. The normalized spacial score (nSPS) is 38.2. The lowest BCUT2D eigenvalue weighted by atomic mass is 10.2. The Kier molecular flexibility index (Phi) is 2.16. The van der Waals surface area contributed by atoms with Gasteiger partial charge in [0.15, 0.2) is 0 Å². The molecule has 0 aliphatic carbocycles. The van der Waals surface area contributed by atoms with Crippen LogP contribution in [0, 0.1) is 0 Å². The molecule has 1 aliphatic heterocycles. The van der Waals surface area contributed by atoms with E-state index < -0.39 is 0 Å². The van der Waals surface area contributed by atoms with Crippen molar-refractivity contribution in [3.8, 4) is 0 Å². The molecule has 8 heavy (non-hydrogen) atoms. The smallest absolute Gasteiger partial charge is 0.101 e. The number of aliphatic hydroxyl groups excluding tert-OH is 1. The summed E-state index contributed by atoms with van der Waals surface area (Å²) in [5.74, 6) is 0. The van der Waals surface area contributed by atoms with Gasteiger partial charge >= 0.3 is 0 Å². The average Bonchev–Trinajstić information content (AvgIpc) is 2.14. The van der Waals surface area contributed by atoms with Crippen LogP contribution in [-0.2, 0) is 4.74 Å². The molecular formula is C5H10O2S. The van der Waals surface area contributed by atoms with Crippen LogP contribution in [0.5, 0.6) is 0 Å². The summed E-state index contributed by atoms with van der Waals surface area (Å²) in [6.07, 6.45) is 1.97. The van der Waals surface area contributed by atoms with Gasteiger partial charge in [0.1, 0.15) is 5.44 Å². The van der Waals surface area contributed by atoms with Crippen LogP contribution in [0.4, 0.5) is 0 Å². The third kappa shape index (κ3) is 1.37. The Bertz CT molecular complexity index is 76.8. The van der Waals surface area contributed by atoms with E-state index in [-0.39, 0.29) is 18.1 Å². The zero-order valence-electron chi connectivity index (χ0n) is 4.58. The number of hydrogen-bond acceptors (Lipinski definition) is 3. The second-order valence-corrected chi connectivity index (χ2v) is 2.55. The largest absolute Gasteiger partial charge is 0.394 e. The van der Waals surface area contributed by atoms with E-state index in [2.05, 4.69) is 12.6 Å². The van der Waals surface area contributed by atoms with Gasteiger partial charge in [0.2, 0.25) is 0 Å². The first kappa shape index (κ1) is 6.39. The SMILES string of the molecule is OCC1CCC(S)O1. The lowest BCUT2D eigenvalue weighted by Gasteiger charge is -2.04. The Morgan fingerprint density at radius 2 is 2.38 bits per heavy atom. The molecule has 0 bridgehead atoms. The van der Waals surface area contributed by atoms with E-state index in [0.717, 1.165) is 12.8 Å². The molecule has 1 rings (SSSR count). The van der Waals surface area contributed by atoms with Gasteiger partial charge in [-0.05, 0) is 12.8 Å². The van der Waals surface area contributed by atoms with E-state index in [0.29, 0.717) is 0 Å². The van der Waals surface area contributed by atoms with Gasteiger partial charge in [0.25, 0.3) is 0 Å². The molecule has 1 heterocycles. The number of ether oxygens (including phenoxy) is 1. The van der Waals surface area contributed by atoms with Gasteiger partial charge in [0, 0.05) is 0 Å². The number of rotatable bonds is 1. The maximum Gasteiger partial charge on any atom is 0.101 e. The van der Waals surface area contributed by atoms with E-state index in [9.17, 15) is 0 Å². The molecule has 0 aromatic heterocycles. The molecule has 0 aromatic carbocycles. The highest BCUT2D eigenvalue weighted by Crippen LogP contribution is 2.20. The highest BCUT2D eigenvalue weighted by Gasteiger charge is 2.20. The molecule has 0 amide bonds. The Hall–Kier alpha value is 0.270. The van der Waals surface area contributed by atoms with E-state index >= 15 is 0 Å². The van der Waals surface area contributed by atoms with Crippen LogP contribution >= 0.6 is 12.6 Å².